The highest BCUT2D eigenvalue weighted by Gasteiger charge is 2.27. The fourth-order valence-corrected chi connectivity index (χ4v) is 2.41. The first kappa shape index (κ1) is 17.2. The van der Waals surface area contributed by atoms with Crippen molar-refractivity contribution in [2.45, 2.75) is 13.0 Å². The van der Waals surface area contributed by atoms with E-state index in [0.29, 0.717) is 37.7 Å². The molecule has 2 amide bonds. The normalized spacial score (nSPS) is 18.3. The minimum absolute atomic E-state index is 0.144. The molecule has 1 aliphatic rings. The molecule has 23 heavy (non-hydrogen) atoms. The Kier molecular flexibility index (Phi) is 6.37. The van der Waals surface area contributed by atoms with Gasteiger partial charge >= 0.3 is 0 Å². The molecule has 126 valence electrons. The number of likely N-dealkylation sites (N-methyl/N-ethyl adjacent to an activating group) is 1. The van der Waals surface area contributed by atoms with Crippen molar-refractivity contribution in [2.24, 2.45) is 0 Å². The van der Waals surface area contributed by atoms with E-state index in [-0.39, 0.29) is 18.4 Å². The number of hydrogen-bond acceptors (Lipinski definition) is 5. The van der Waals surface area contributed by atoms with E-state index < -0.39 is 6.10 Å². The summed E-state index contributed by atoms with van der Waals surface area (Å²) < 4.78 is 10.9. The van der Waals surface area contributed by atoms with Crippen LogP contribution in [0.5, 0.6) is 5.75 Å². The van der Waals surface area contributed by atoms with Crippen LogP contribution in [0.15, 0.2) is 24.3 Å². The first-order chi connectivity index (χ1) is 11.1. The molecule has 1 fully saturated rings. The van der Waals surface area contributed by atoms with Gasteiger partial charge in [-0.3, -0.25) is 14.5 Å². The van der Waals surface area contributed by atoms with Crippen LogP contribution in [0.25, 0.3) is 0 Å². The topological polar surface area (TPSA) is 79.9 Å². The van der Waals surface area contributed by atoms with Crippen LogP contribution in [0.3, 0.4) is 0 Å². The second-order valence-corrected chi connectivity index (χ2v) is 5.19. The number of anilines is 1. The Morgan fingerprint density at radius 3 is 2.91 bits per heavy atom. The first-order valence-electron chi connectivity index (χ1n) is 7.71. The van der Waals surface area contributed by atoms with Gasteiger partial charge in [-0.1, -0.05) is 12.1 Å². The SMILES string of the molecule is CCOc1ccccc1NC(=O)CN1CCOC(C(=O)NC)C1. The molecular formula is C16H23N3O4. The summed E-state index contributed by atoms with van der Waals surface area (Å²) in [5.41, 5.74) is 0.649. The van der Waals surface area contributed by atoms with Crippen LogP contribution < -0.4 is 15.4 Å². The summed E-state index contributed by atoms with van der Waals surface area (Å²) in [5, 5.41) is 5.42. The van der Waals surface area contributed by atoms with Crippen LogP contribution in [0.1, 0.15) is 6.92 Å². The summed E-state index contributed by atoms with van der Waals surface area (Å²) in [7, 11) is 1.57. The highest BCUT2D eigenvalue weighted by molar-refractivity contribution is 5.93. The van der Waals surface area contributed by atoms with E-state index in [2.05, 4.69) is 10.6 Å². The predicted molar refractivity (Wildman–Crippen MR) is 86.5 cm³/mol. The Bertz CT molecular complexity index is 550. The zero-order valence-corrected chi connectivity index (χ0v) is 13.5. The fourth-order valence-electron chi connectivity index (χ4n) is 2.41. The number of morpholine rings is 1. The molecule has 1 aromatic rings. The molecule has 1 heterocycles. The number of hydrogen-bond donors (Lipinski definition) is 2. The summed E-state index contributed by atoms with van der Waals surface area (Å²) in [6.07, 6.45) is -0.530. The Morgan fingerprint density at radius 1 is 1.39 bits per heavy atom. The lowest BCUT2D eigenvalue weighted by Crippen LogP contribution is -2.50. The maximum atomic E-state index is 12.2. The molecular weight excluding hydrogens is 298 g/mol. The van der Waals surface area contributed by atoms with Crippen molar-refractivity contribution < 1.29 is 19.1 Å². The van der Waals surface area contributed by atoms with E-state index in [9.17, 15) is 9.59 Å². The quantitative estimate of drug-likeness (QED) is 0.796. The van der Waals surface area contributed by atoms with Crippen LogP contribution in [0.4, 0.5) is 5.69 Å². The second-order valence-electron chi connectivity index (χ2n) is 5.19. The van der Waals surface area contributed by atoms with Crippen LogP contribution in [-0.2, 0) is 14.3 Å². The molecule has 2 rings (SSSR count). The lowest BCUT2D eigenvalue weighted by atomic mass is 10.2. The molecule has 1 aromatic carbocycles. The summed E-state index contributed by atoms with van der Waals surface area (Å²) in [4.78, 5) is 25.8. The van der Waals surface area contributed by atoms with Gasteiger partial charge in [-0.15, -0.1) is 0 Å². The van der Waals surface area contributed by atoms with Crippen LogP contribution in [-0.4, -0.2) is 62.7 Å². The van der Waals surface area contributed by atoms with Gasteiger partial charge in [0.15, 0.2) is 0 Å². The smallest absolute Gasteiger partial charge is 0.250 e. The average Bonchev–Trinajstić information content (AvgIpc) is 2.56. The second kappa shape index (κ2) is 8.50. The molecule has 1 unspecified atom stereocenters. The highest BCUT2D eigenvalue weighted by Crippen LogP contribution is 2.23. The lowest BCUT2D eigenvalue weighted by molar-refractivity contribution is -0.139. The molecule has 0 spiro atoms. The zero-order valence-electron chi connectivity index (χ0n) is 13.5. The Hall–Kier alpha value is -2.12. The van der Waals surface area contributed by atoms with Gasteiger partial charge in [-0.2, -0.15) is 0 Å². The standard InChI is InChI=1S/C16H23N3O4/c1-3-22-13-7-5-4-6-12(13)18-15(20)11-19-8-9-23-14(10-19)16(21)17-2/h4-7,14H,3,8-11H2,1-2H3,(H,17,21)(H,18,20). The molecule has 1 saturated heterocycles. The molecule has 7 heteroatoms. The number of nitrogens with zero attached hydrogens (tertiary/aromatic N) is 1. The van der Waals surface area contributed by atoms with Crippen LogP contribution >= 0.6 is 0 Å². The fraction of sp³-hybridized carbons (Fsp3) is 0.500. The predicted octanol–water partition coefficient (Wildman–Crippen LogP) is 0.471. The van der Waals surface area contributed by atoms with E-state index in [1.165, 1.54) is 0 Å². The molecule has 0 radical (unpaired) electrons. The average molecular weight is 321 g/mol. The van der Waals surface area contributed by atoms with Crippen molar-refractivity contribution in [1.82, 2.24) is 10.2 Å². The Balaban J connectivity index is 1.91. The molecule has 0 aliphatic carbocycles. The van der Waals surface area contributed by atoms with Gasteiger partial charge in [-0.25, -0.2) is 0 Å². The Morgan fingerprint density at radius 2 is 2.17 bits per heavy atom. The monoisotopic (exact) mass is 321 g/mol. The largest absolute Gasteiger partial charge is 0.492 e. The third-order valence-electron chi connectivity index (χ3n) is 3.52. The zero-order chi connectivity index (χ0) is 16.7. The minimum Gasteiger partial charge on any atom is -0.492 e. The summed E-state index contributed by atoms with van der Waals surface area (Å²) in [6.45, 7) is 4.09. The number of carbonyl (C=O) groups excluding carboxylic acids is 2. The van der Waals surface area contributed by atoms with Crippen LogP contribution in [0, 0.1) is 0 Å². The summed E-state index contributed by atoms with van der Waals surface area (Å²) >= 11 is 0. The maximum Gasteiger partial charge on any atom is 0.250 e. The van der Waals surface area contributed by atoms with Crippen LogP contribution in [0.2, 0.25) is 0 Å². The van der Waals surface area contributed by atoms with E-state index in [1.807, 2.05) is 30.0 Å². The number of benzene rings is 1. The summed E-state index contributed by atoms with van der Waals surface area (Å²) in [6, 6.07) is 7.32. The third kappa shape index (κ3) is 4.94. The third-order valence-corrected chi connectivity index (χ3v) is 3.52. The number of nitrogens with one attached hydrogen (secondary N) is 2. The van der Waals surface area contributed by atoms with Crippen molar-refractivity contribution >= 4 is 17.5 Å². The number of para-hydroxylation sites is 2. The number of amides is 2. The van der Waals surface area contributed by atoms with Crippen molar-refractivity contribution in [2.75, 3.05) is 45.2 Å². The highest BCUT2D eigenvalue weighted by atomic mass is 16.5. The van der Waals surface area contributed by atoms with E-state index in [0.717, 1.165) is 0 Å². The molecule has 0 bridgehead atoms. The minimum atomic E-state index is -0.530. The number of carbonyl (C=O) groups is 2. The number of ether oxygens (including phenoxy) is 2. The molecule has 0 saturated carbocycles. The van der Waals surface area contributed by atoms with Gasteiger partial charge in [0.25, 0.3) is 0 Å². The van der Waals surface area contributed by atoms with Gasteiger partial charge in [-0.05, 0) is 19.1 Å². The number of rotatable bonds is 6. The van der Waals surface area contributed by atoms with Crippen molar-refractivity contribution in [3.63, 3.8) is 0 Å². The first-order valence-corrected chi connectivity index (χ1v) is 7.71. The van der Waals surface area contributed by atoms with Crippen molar-refractivity contribution in [1.29, 1.82) is 0 Å². The van der Waals surface area contributed by atoms with E-state index >= 15 is 0 Å². The maximum absolute atomic E-state index is 12.2. The van der Waals surface area contributed by atoms with Gasteiger partial charge in [0.1, 0.15) is 11.9 Å². The molecule has 0 aromatic heterocycles. The van der Waals surface area contributed by atoms with Crippen molar-refractivity contribution in [3.05, 3.63) is 24.3 Å². The van der Waals surface area contributed by atoms with Gasteiger partial charge in [0.05, 0.1) is 25.4 Å². The molecule has 1 aliphatic heterocycles. The van der Waals surface area contributed by atoms with E-state index in [1.54, 1.807) is 13.1 Å². The van der Waals surface area contributed by atoms with Gasteiger partial charge < -0.3 is 20.1 Å². The van der Waals surface area contributed by atoms with Crippen molar-refractivity contribution in [3.8, 4) is 5.75 Å². The lowest BCUT2D eigenvalue weighted by Gasteiger charge is -2.31. The molecule has 1 atom stereocenters. The molecule has 2 N–H and O–H groups in total. The molecule has 7 nitrogen and oxygen atoms in total. The summed E-state index contributed by atoms with van der Waals surface area (Å²) in [5.74, 6) is 0.333. The van der Waals surface area contributed by atoms with Gasteiger partial charge in [0.2, 0.25) is 11.8 Å². The van der Waals surface area contributed by atoms with Gasteiger partial charge in [0, 0.05) is 20.1 Å². The van der Waals surface area contributed by atoms with E-state index in [4.69, 9.17) is 9.47 Å². The Labute approximate surface area is 135 Å².